The van der Waals surface area contributed by atoms with Gasteiger partial charge in [0, 0.05) is 6.42 Å². The minimum Gasteiger partial charge on any atom is -0.373 e. The van der Waals surface area contributed by atoms with E-state index in [1.54, 1.807) is 0 Å². The van der Waals surface area contributed by atoms with E-state index in [-0.39, 0.29) is 30.0 Å². The maximum atomic E-state index is 5.85. The topological polar surface area (TPSA) is 27.7 Å². The van der Waals surface area contributed by atoms with Crippen LogP contribution in [0.3, 0.4) is 0 Å². The molecule has 1 saturated heterocycles. The first-order valence-corrected chi connectivity index (χ1v) is 6.23. The van der Waals surface area contributed by atoms with Gasteiger partial charge in [-0.25, -0.2) is 0 Å². The van der Waals surface area contributed by atoms with Crippen molar-refractivity contribution in [2.75, 3.05) is 6.61 Å². The molecule has 16 heavy (non-hydrogen) atoms. The summed E-state index contributed by atoms with van der Waals surface area (Å²) in [6, 6.07) is 0. The molecule has 3 heteroatoms. The van der Waals surface area contributed by atoms with Gasteiger partial charge in [0.25, 0.3) is 0 Å². The molecule has 3 atom stereocenters. The second kappa shape index (κ2) is 5.48. The molecule has 0 bridgehead atoms. The molecule has 1 rings (SSSR count). The lowest BCUT2D eigenvalue weighted by Crippen LogP contribution is -2.34. The van der Waals surface area contributed by atoms with E-state index >= 15 is 0 Å². The first-order chi connectivity index (χ1) is 7.28. The lowest BCUT2D eigenvalue weighted by atomic mass is 10.1. The van der Waals surface area contributed by atoms with Crippen LogP contribution in [0.5, 0.6) is 0 Å². The van der Waals surface area contributed by atoms with Gasteiger partial charge in [-0.1, -0.05) is 0 Å². The average Bonchev–Trinajstić information content (AvgIpc) is 2.40. The molecule has 0 N–H and O–H groups in total. The number of hydrogen-bond donors (Lipinski definition) is 0. The van der Waals surface area contributed by atoms with Crippen LogP contribution in [0.2, 0.25) is 0 Å². The monoisotopic (exact) mass is 230 g/mol. The van der Waals surface area contributed by atoms with Crippen LogP contribution < -0.4 is 0 Å². The lowest BCUT2D eigenvalue weighted by molar-refractivity contribution is -0.106. The molecule has 96 valence electrons. The third kappa shape index (κ3) is 4.81. The Kier molecular flexibility index (Phi) is 4.77. The first kappa shape index (κ1) is 13.9. The van der Waals surface area contributed by atoms with Gasteiger partial charge in [-0.05, 0) is 41.5 Å². The smallest absolute Gasteiger partial charge is 0.107 e. The van der Waals surface area contributed by atoms with E-state index < -0.39 is 0 Å². The molecule has 0 aromatic carbocycles. The van der Waals surface area contributed by atoms with Crippen LogP contribution in [0.1, 0.15) is 48.0 Å². The molecule has 0 radical (unpaired) electrons. The highest BCUT2D eigenvalue weighted by molar-refractivity contribution is 4.82. The Bertz CT molecular complexity index is 208. The Labute approximate surface area is 99.5 Å². The van der Waals surface area contributed by atoms with Crippen molar-refractivity contribution in [2.24, 2.45) is 0 Å². The largest absolute Gasteiger partial charge is 0.373 e. The normalized spacial score (nSPS) is 31.3. The maximum absolute atomic E-state index is 5.85. The zero-order chi connectivity index (χ0) is 12.3. The quantitative estimate of drug-likeness (QED) is 0.743. The molecular weight excluding hydrogens is 204 g/mol. The molecule has 1 fully saturated rings. The van der Waals surface area contributed by atoms with Crippen molar-refractivity contribution in [3.05, 3.63) is 0 Å². The summed E-state index contributed by atoms with van der Waals surface area (Å²) in [6.45, 7) is 13.0. The van der Waals surface area contributed by atoms with E-state index in [1.807, 2.05) is 0 Å². The molecule has 0 aliphatic carbocycles. The summed E-state index contributed by atoms with van der Waals surface area (Å²) in [5, 5.41) is 0. The van der Waals surface area contributed by atoms with Gasteiger partial charge in [0.05, 0.1) is 30.5 Å². The van der Waals surface area contributed by atoms with E-state index in [0.29, 0.717) is 6.61 Å². The van der Waals surface area contributed by atoms with Crippen LogP contribution in [-0.2, 0) is 14.2 Å². The van der Waals surface area contributed by atoms with E-state index in [2.05, 4.69) is 41.5 Å². The molecule has 1 aliphatic heterocycles. The van der Waals surface area contributed by atoms with Crippen LogP contribution in [0.4, 0.5) is 0 Å². The Morgan fingerprint density at radius 2 is 1.94 bits per heavy atom. The summed E-state index contributed by atoms with van der Waals surface area (Å²) in [5.41, 5.74) is -0.114. The average molecular weight is 230 g/mol. The third-order valence-electron chi connectivity index (χ3n) is 2.51. The van der Waals surface area contributed by atoms with Gasteiger partial charge >= 0.3 is 0 Å². The van der Waals surface area contributed by atoms with Gasteiger partial charge in [0.15, 0.2) is 0 Å². The SMILES string of the molecule is CC(C)O[C@H]1C[C@H](C)O[C@@H]1COC(C)(C)C. The fraction of sp³-hybridized carbons (Fsp3) is 1.00. The van der Waals surface area contributed by atoms with Gasteiger partial charge in [-0.15, -0.1) is 0 Å². The van der Waals surface area contributed by atoms with Crippen LogP contribution >= 0.6 is 0 Å². The number of ether oxygens (including phenoxy) is 3. The minimum absolute atomic E-state index is 0.0802. The van der Waals surface area contributed by atoms with E-state index in [1.165, 1.54) is 0 Å². The van der Waals surface area contributed by atoms with Gasteiger partial charge in [0.2, 0.25) is 0 Å². The molecule has 3 nitrogen and oxygen atoms in total. The molecule has 0 saturated carbocycles. The van der Waals surface area contributed by atoms with Gasteiger partial charge in [-0.2, -0.15) is 0 Å². The van der Waals surface area contributed by atoms with Crippen molar-refractivity contribution in [3.63, 3.8) is 0 Å². The van der Waals surface area contributed by atoms with Crippen molar-refractivity contribution in [3.8, 4) is 0 Å². The second-order valence-electron chi connectivity index (χ2n) is 5.87. The summed E-state index contributed by atoms with van der Waals surface area (Å²) >= 11 is 0. The fourth-order valence-electron chi connectivity index (χ4n) is 1.89. The van der Waals surface area contributed by atoms with Crippen LogP contribution in [0.25, 0.3) is 0 Å². The Morgan fingerprint density at radius 3 is 2.44 bits per heavy atom. The predicted molar refractivity (Wildman–Crippen MR) is 64.7 cm³/mol. The Morgan fingerprint density at radius 1 is 1.31 bits per heavy atom. The fourth-order valence-corrected chi connectivity index (χ4v) is 1.89. The lowest BCUT2D eigenvalue weighted by Gasteiger charge is -2.26. The summed E-state index contributed by atoms with van der Waals surface area (Å²) in [6.07, 6.45) is 1.75. The number of hydrogen-bond acceptors (Lipinski definition) is 3. The molecule has 0 aromatic heterocycles. The summed E-state index contributed by atoms with van der Waals surface area (Å²) in [7, 11) is 0. The van der Waals surface area contributed by atoms with Crippen molar-refractivity contribution in [1.82, 2.24) is 0 Å². The minimum atomic E-state index is -0.114. The highest BCUT2D eigenvalue weighted by Crippen LogP contribution is 2.25. The van der Waals surface area contributed by atoms with Gasteiger partial charge < -0.3 is 14.2 Å². The molecule has 0 aromatic rings. The summed E-state index contributed by atoms with van der Waals surface area (Å²) < 4.78 is 17.4. The third-order valence-corrected chi connectivity index (χ3v) is 2.51. The molecule has 0 unspecified atom stereocenters. The van der Waals surface area contributed by atoms with Crippen molar-refractivity contribution in [2.45, 2.75) is 78.0 Å². The van der Waals surface area contributed by atoms with Crippen LogP contribution in [0, 0.1) is 0 Å². The van der Waals surface area contributed by atoms with E-state index in [9.17, 15) is 0 Å². The molecule has 0 amide bonds. The summed E-state index contributed by atoms with van der Waals surface area (Å²) in [4.78, 5) is 0. The summed E-state index contributed by atoms with van der Waals surface area (Å²) in [5.74, 6) is 0. The first-order valence-electron chi connectivity index (χ1n) is 6.23. The predicted octanol–water partition coefficient (Wildman–Crippen LogP) is 2.77. The van der Waals surface area contributed by atoms with Crippen molar-refractivity contribution >= 4 is 0 Å². The Balaban J connectivity index is 2.43. The van der Waals surface area contributed by atoms with Gasteiger partial charge in [-0.3, -0.25) is 0 Å². The van der Waals surface area contributed by atoms with Crippen LogP contribution in [0.15, 0.2) is 0 Å². The molecule has 1 aliphatic rings. The zero-order valence-corrected chi connectivity index (χ0v) is 11.4. The van der Waals surface area contributed by atoms with Crippen molar-refractivity contribution < 1.29 is 14.2 Å². The molecule has 1 heterocycles. The highest BCUT2D eigenvalue weighted by Gasteiger charge is 2.35. The maximum Gasteiger partial charge on any atom is 0.107 e. The second-order valence-corrected chi connectivity index (χ2v) is 5.87. The van der Waals surface area contributed by atoms with E-state index in [4.69, 9.17) is 14.2 Å². The Hall–Kier alpha value is -0.120. The van der Waals surface area contributed by atoms with Crippen LogP contribution in [-0.4, -0.2) is 36.6 Å². The molecule has 0 spiro atoms. The van der Waals surface area contributed by atoms with E-state index in [0.717, 1.165) is 6.42 Å². The van der Waals surface area contributed by atoms with Crippen molar-refractivity contribution in [1.29, 1.82) is 0 Å². The number of rotatable bonds is 4. The molecular formula is C13H26O3. The zero-order valence-electron chi connectivity index (χ0n) is 11.4. The standard InChI is InChI=1S/C13H26O3/c1-9(2)15-11-7-10(3)16-12(11)8-14-13(4,5)6/h9-12H,7-8H2,1-6H3/t10-,11-,12+/m0/s1. The van der Waals surface area contributed by atoms with Gasteiger partial charge in [0.1, 0.15) is 6.10 Å². The highest BCUT2D eigenvalue weighted by atomic mass is 16.6.